The third-order valence-electron chi connectivity index (χ3n) is 4.90. The number of aryl methyl sites for hydroxylation is 1. The maximum absolute atomic E-state index is 13.3. The largest absolute Gasteiger partial charge is 0.507 e. The van der Waals surface area contributed by atoms with Gasteiger partial charge in [-0.05, 0) is 23.8 Å². The van der Waals surface area contributed by atoms with E-state index < -0.39 is 17.0 Å². The van der Waals surface area contributed by atoms with Gasteiger partial charge in [0.05, 0.1) is 16.6 Å². The van der Waals surface area contributed by atoms with Crippen molar-refractivity contribution in [3.8, 4) is 16.9 Å². The van der Waals surface area contributed by atoms with Crippen LogP contribution >= 0.6 is 11.6 Å². The van der Waals surface area contributed by atoms with Crippen LogP contribution in [0.3, 0.4) is 0 Å². The lowest BCUT2D eigenvalue weighted by Crippen LogP contribution is -2.36. The van der Waals surface area contributed by atoms with Crippen LogP contribution in [0, 0.1) is 0 Å². The zero-order chi connectivity index (χ0) is 20.9. The Hall–Kier alpha value is -3.58. The highest BCUT2D eigenvalue weighted by Gasteiger charge is 2.26. The molecule has 4 aromatic rings. The number of phenols is 1. The van der Waals surface area contributed by atoms with Gasteiger partial charge in [-0.25, -0.2) is 4.79 Å². The zero-order valence-electron chi connectivity index (χ0n) is 15.6. The molecule has 4 rings (SSSR count). The molecule has 0 unspecified atom stereocenters. The van der Waals surface area contributed by atoms with Crippen LogP contribution in [0.25, 0.3) is 22.2 Å². The second kappa shape index (κ2) is 6.79. The van der Waals surface area contributed by atoms with Gasteiger partial charge in [0.25, 0.3) is 5.56 Å². The molecule has 8 heteroatoms. The van der Waals surface area contributed by atoms with Crippen LogP contribution in [0.15, 0.2) is 58.1 Å². The second-order valence-corrected chi connectivity index (χ2v) is 7.10. The number of aromatic nitrogens is 3. The van der Waals surface area contributed by atoms with Gasteiger partial charge in [-0.2, -0.15) is 0 Å². The first kappa shape index (κ1) is 18.8. The van der Waals surface area contributed by atoms with Crippen molar-refractivity contribution in [2.24, 2.45) is 14.1 Å². The fourth-order valence-corrected chi connectivity index (χ4v) is 3.58. The number of carbonyl (C=O) groups is 1. The second-order valence-electron chi connectivity index (χ2n) is 6.66. The molecule has 0 spiro atoms. The quantitative estimate of drug-likeness (QED) is 0.508. The Morgan fingerprint density at radius 3 is 2.38 bits per heavy atom. The van der Waals surface area contributed by atoms with Crippen LogP contribution in [-0.2, 0) is 14.1 Å². The van der Waals surface area contributed by atoms with E-state index in [0.29, 0.717) is 11.1 Å². The lowest BCUT2D eigenvalue weighted by Gasteiger charge is -2.07. The number of hydrogen-bond donors (Lipinski definition) is 2. The fourth-order valence-electron chi connectivity index (χ4n) is 3.42. The zero-order valence-corrected chi connectivity index (χ0v) is 16.3. The predicted octanol–water partition coefficient (Wildman–Crippen LogP) is 2.82. The number of hydrogen-bond acceptors (Lipinski definition) is 4. The number of aromatic hydroxyl groups is 1. The summed E-state index contributed by atoms with van der Waals surface area (Å²) < 4.78 is 2.28. The van der Waals surface area contributed by atoms with Gasteiger partial charge in [0.1, 0.15) is 11.4 Å². The van der Waals surface area contributed by atoms with Crippen molar-refractivity contribution in [2.75, 3.05) is 0 Å². The van der Waals surface area contributed by atoms with Gasteiger partial charge in [-0.1, -0.05) is 41.9 Å². The Labute approximate surface area is 169 Å². The van der Waals surface area contributed by atoms with Crippen molar-refractivity contribution in [2.45, 2.75) is 0 Å². The maximum Gasteiger partial charge on any atom is 0.332 e. The first-order valence-electron chi connectivity index (χ1n) is 8.71. The number of rotatable bonds is 3. The molecule has 0 saturated carbocycles. The van der Waals surface area contributed by atoms with E-state index in [1.807, 2.05) is 6.07 Å². The molecule has 0 aliphatic carbocycles. The number of nitrogens with one attached hydrogen (secondary N) is 1. The molecular formula is C21H16ClN3O4. The molecule has 2 aromatic carbocycles. The third kappa shape index (κ3) is 2.87. The molecule has 2 N–H and O–H groups in total. The predicted molar refractivity (Wildman–Crippen MR) is 111 cm³/mol. The lowest BCUT2D eigenvalue weighted by molar-refractivity contribution is 0.103. The van der Waals surface area contributed by atoms with Crippen molar-refractivity contribution < 1.29 is 9.90 Å². The molecule has 0 aliphatic heterocycles. The summed E-state index contributed by atoms with van der Waals surface area (Å²) in [5.41, 5.74) is 0.326. The van der Waals surface area contributed by atoms with E-state index in [0.717, 1.165) is 4.57 Å². The van der Waals surface area contributed by atoms with E-state index >= 15 is 0 Å². The van der Waals surface area contributed by atoms with Gasteiger partial charge < -0.3 is 10.1 Å². The number of fused-ring (bicyclic) bond motifs is 1. The average Bonchev–Trinajstić information content (AvgIpc) is 3.11. The highest BCUT2D eigenvalue weighted by Crippen LogP contribution is 2.33. The molecule has 0 atom stereocenters. The number of halogens is 1. The van der Waals surface area contributed by atoms with Gasteiger partial charge in [0.2, 0.25) is 5.78 Å². The van der Waals surface area contributed by atoms with Crippen LogP contribution in [-0.4, -0.2) is 25.0 Å². The van der Waals surface area contributed by atoms with Crippen LogP contribution in [0.4, 0.5) is 0 Å². The van der Waals surface area contributed by atoms with Crippen molar-refractivity contribution in [3.63, 3.8) is 0 Å². The minimum absolute atomic E-state index is 0.0277. The number of ketones is 1. The van der Waals surface area contributed by atoms with Crippen LogP contribution in [0.2, 0.25) is 5.02 Å². The molecule has 0 radical (unpaired) electrons. The molecule has 0 aliphatic rings. The molecule has 0 bridgehead atoms. The van der Waals surface area contributed by atoms with Gasteiger partial charge in [0, 0.05) is 24.7 Å². The number of aromatic amines is 1. The molecule has 2 heterocycles. The first-order valence-corrected chi connectivity index (χ1v) is 9.09. The minimum atomic E-state index is -0.524. The molecular weight excluding hydrogens is 394 g/mol. The molecule has 29 heavy (non-hydrogen) atoms. The van der Waals surface area contributed by atoms with E-state index in [1.165, 1.54) is 36.9 Å². The van der Waals surface area contributed by atoms with Crippen LogP contribution in [0.1, 0.15) is 16.1 Å². The highest BCUT2D eigenvalue weighted by atomic mass is 35.5. The first-order chi connectivity index (χ1) is 13.8. The van der Waals surface area contributed by atoms with E-state index in [-0.39, 0.29) is 33.1 Å². The standard InChI is InChI=1S/C21H16ClN3O4/c1-24-19-16(20(28)25(2)21(24)29)15(11-6-4-3-5-7-11)17(23-19)18(27)13-9-8-12(22)10-14(13)26/h3-10,23,26H,1-2H3. The van der Waals surface area contributed by atoms with E-state index in [1.54, 1.807) is 24.3 Å². The van der Waals surface area contributed by atoms with E-state index in [4.69, 9.17) is 11.6 Å². The Kier molecular flexibility index (Phi) is 4.39. The summed E-state index contributed by atoms with van der Waals surface area (Å²) in [7, 11) is 2.90. The summed E-state index contributed by atoms with van der Waals surface area (Å²) in [6.07, 6.45) is 0. The SMILES string of the molecule is Cn1c(=O)c2c(-c3ccccc3)c(C(=O)c3ccc(Cl)cc3O)[nH]c2n(C)c1=O. The maximum atomic E-state index is 13.3. The Balaban J connectivity index is 2.13. The number of H-pyrrole nitrogens is 1. The summed E-state index contributed by atoms with van der Waals surface area (Å²) in [6, 6.07) is 13.1. The van der Waals surface area contributed by atoms with E-state index in [2.05, 4.69) is 4.98 Å². The third-order valence-corrected chi connectivity index (χ3v) is 5.14. The van der Waals surface area contributed by atoms with E-state index in [9.17, 15) is 19.5 Å². The summed E-state index contributed by atoms with van der Waals surface area (Å²) in [6.45, 7) is 0. The highest BCUT2D eigenvalue weighted by molar-refractivity contribution is 6.31. The van der Waals surface area contributed by atoms with Crippen LogP contribution in [0.5, 0.6) is 5.75 Å². The van der Waals surface area contributed by atoms with Crippen molar-refractivity contribution >= 4 is 28.4 Å². The lowest BCUT2D eigenvalue weighted by atomic mass is 9.98. The smallest absolute Gasteiger partial charge is 0.332 e. The minimum Gasteiger partial charge on any atom is -0.507 e. The van der Waals surface area contributed by atoms with Crippen molar-refractivity contribution in [1.29, 1.82) is 0 Å². The topological polar surface area (TPSA) is 97.1 Å². The Morgan fingerprint density at radius 2 is 1.72 bits per heavy atom. The Bertz CT molecular complexity index is 1400. The number of nitrogens with zero attached hydrogens (tertiary/aromatic N) is 2. The van der Waals surface area contributed by atoms with Gasteiger partial charge in [0.15, 0.2) is 0 Å². The van der Waals surface area contributed by atoms with Crippen molar-refractivity contribution in [3.05, 3.63) is 85.6 Å². The molecule has 0 fully saturated rings. The average molecular weight is 410 g/mol. The fraction of sp³-hybridized carbons (Fsp3) is 0.0952. The molecule has 146 valence electrons. The molecule has 2 aromatic heterocycles. The van der Waals surface area contributed by atoms with Crippen LogP contribution < -0.4 is 11.2 Å². The summed E-state index contributed by atoms with van der Waals surface area (Å²) >= 11 is 5.87. The van der Waals surface area contributed by atoms with Crippen molar-refractivity contribution in [1.82, 2.24) is 14.1 Å². The summed E-state index contributed by atoms with van der Waals surface area (Å²) in [4.78, 5) is 41.5. The monoisotopic (exact) mass is 409 g/mol. The molecule has 7 nitrogen and oxygen atoms in total. The normalized spacial score (nSPS) is 11.1. The summed E-state index contributed by atoms with van der Waals surface area (Å²) in [5.74, 6) is -0.800. The Morgan fingerprint density at radius 1 is 1.03 bits per heavy atom. The van der Waals surface area contributed by atoms with Gasteiger partial charge in [-0.15, -0.1) is 0 Å². The summed E-state index contributed by atoms with van der Waals surface area (Å²) in [5, 5.41) is 10.7. The molecule has 0 amide bonds. The number of phenolic OH excluding ortho intramolecular Hbond substituents is 1. The van der Waals surface area contributed by atoms with Gasteiger partial charge >= 0.3 is 5.69 Å². The number of benzene rings is 2. The molecule has 0 saturated heterocycles. The van der Waals surface area contributed by atoms with Gasteiger partial charge in [-0.3, -0.25) is 18.7 Å². The number of carbonyl (C=O) groups excluding carboxylic acids is 1.